The minimum absolute atomic E-state index is 0.227. The summed E-state index contributed by atoms with van der Waals surface area (Å²) in [6.45, 7) is 1.42. The molecule has 7 heteroatoms. The lowest BCUT2D eigenvalue weighted by molar-refractivity contribution is 0.464. The van der Waals surface area contributed by atoms with E-state index in [0.29, 0.717) is 13.1 Å². The lowest BCUT2D eigenvalue weighted by Gasteiger charge is -2.17. The van der Waals surface area contributed by atoms with Crippen molar-refractivity contribution in [1.29, 1.82) is 0 Å². The Morgan fingerprint density at radius 2 is 1.82 bits per heavy atom. The van der Waals surface area contributed by atoms with Crippen LogP contribution in [0.2, 0.25) is 0 Å². The maximum atomic E-state index is 12.2. The quantitative estimate of drug-likeness (QED) is 0.908. The third kappa shape index (κ3) is 3.32. The summed E-state index contributed by atoms with van der Waals surface area (Å²) in [5, 5.41) is 0. The summed E-state index contributed by atoms with van der Waals surface area (Å²) < 4.78 is 28.6. The van der Waals surface area contributed by atoms with Crippen LogP contribution in [0.15, 0.2) is 42.9 Å². The van der Waals surface area contributed by atoms with Gasteiger partial charge in [0.05, 0.1) is 5.69 Å². The van der Waals surface area contributed by atoms with Crippen molar-refractivity contribution < 1.29 is 8.42 Å². The molecule has 2 aromatic rings. The Morgan fingerprint density at radius 3 is 2.55 bits per heavy atom. The molecule has 0 amide bonds. The van der Waals surface area contributed by atoms with Crippen molar-refractivity contribution in [2.24, 2.45) is 0 Å². The van der Waals surface area contributed by atoms with Crippen LogP contribution in [0.5, 0.6) is 0 Å². The molecule has 3 heterocycles. The fourth-order valence-electron chi connectivity index (χ4n) is 2.54. The van der Waals surface area contributed by atoms with Gasteiger partial charge in [-0.15, -0.1) is 0 Å². The van der Waals surface area contributed by atoms with Crippen LogP contribution < -0.4 is 4.72 Å². The molecule has 0 atom stereocenters. The monoisotopic (exact) mass is 318 g/mol. The fraction of sp³-hybridized carbons (Fsp3) is 0.333. The van der Waals surface area contributed by atoms with E-state index >= 15 is 0 Å². The van der Waals surface area contributed by atoms with E-state index in [2.05, 4.69) is 14.7 Å². The minimum Gasteiger partial charge on any atom is -0.265 e. The van der Waals surface area contributed by atoms with E-state index in [0.717, 1.165) is 29.7 Å². The van der Waals surface area contributed by atoms with Gasteiger partial charge in [-0.25, -0.2) is 0 Å². The maximum Gasteiger partial charge on any atom is 0.279 e. The second-order valence-corrected chi connectivity index (χ2v) is 6.93. The van der Waals surface area contributed by atoms with E-state index in [1.807, 2.05) is 24.3 Å². The lowest BCUT2D eigenvalue weighted by atomic mass is 10.1. The van der Waals surface area contributed by atoms with E-state index in [9.17, 15) is 8.42 Å². The molecule has 0 aliphatic carbocycles. The number of hydrogen-bond donors (Lipinski definition) is 1. The summed E-state index contributed by atoms with van der Waals surface area (Å²) in [5.74, 6) is 0. The molecule has 1 saturated heterocycles. The molecule has 0 saturated carbocycles. The molecule has 22 heavy (non-hydrogen) atoms. The number of rotatable bonds is 5. The van der Waals surface area contributed by atoms with Crippen molar-refractivity contribution in [1.82, 2.24) is 19.0 Å². The Bertz CT molecular complexity index is 728. The third-order valence-electron chi connectivity index (χ3n) is 3.69. The Labute approximate surface area is 130 Å². The molecule has 3 rings (SSSR count). The zero-order chi connectivity index (χ0) is 15.4. The number of pyridine rings is 2. The molecule has 1 N–H and O–H groups in total. The largest absolute Gasteiger partial charge is 0.279 e. The lowest BCUT2D eigenvalue weighted by Crippen LogP contribution is -2.38. The zero-order valence-corrected chi connectivity index (χ0v) is 13.0. The van der Waals surface area contributed by atoms with Gasteiger partial charge >= 0.3 is 0 Å². The molecule has 1 aliphatic rings. The normalized spacial score (nSPS) is 16.0. The molecular formula is C15H18N4O2S. The van der Waals surface area contributed by atoms with Crippen molar-refractivity contribution in [3.63, 3.8) is 0 Å². The molecule has 0 unspecified atom stereocenters. The third-order valence-corrected chi connectivity index (χ3v) is 5.25. The molecule has 116 valence electrons. The van der Waals surface area contributed by atoms with E-state index in [4.69, 9.17) is 0 Å². The van der Waals surface area contributed by atoms with Crippen LogP contribution in [0.25, 0.3) is 11.3 Å². The first-order chi connectivity index (χ1) is 10.7. The van der Waals surface area contributed by atoms with Crippen LogP contribution in [0.1, 0.15) is 18.4 Å². The second kappa shape index (κ2) is 6.51. The highest BCUT2D eigenvalue weighted by Gasteiger charge is 2.24. The first kappa shape index (κ1) is 15.1. The van der Waals surface area contributed by atoms with Crippen LogP contribution in [0, 0.1) is 0 Å². The summed E-state index contributed by atoms with van der Waals surface area (Å²) in [4.78, 5) is 8.36. The number of nitrogens with one attached hydrogen (secondary N) is 1. The Morgan fingerprint density at radius 1 is 1.09 bits per heavy atom. The van der Waals surface area contributed by atoms with Crippen LogP contribution in [-0.2, 0) is 16.8 Å². The molecule has 0 aromatic carbocycles. The van der Waals surface area contributed by atoms with E-state index in [1.54, 1.807) is 18.6 Å². The summed E-state index contributed by atoms with van der Waals surface area (Å²) in [5.41, 5.74) is 2.54. The topological polar surface area (TPSA) is 75.2 Å². The Hall–Kier alpha value is -1.83. The average molecular weight is 318 g/mol. The predicted molar refractivity (Wildman–Crippen MR) is 84.0 cm³/mol. The minimum atomic E-state index is -3.41. The zero-order valence-electron chi connectivity index (χ0n) is 12.1. The molecule has 1 aliphatic heterocycles. The van der Waals surface area contributed by atoms with Crippen molar-refractivity contribution in [2.75, 3.05) is 13.1 Å². The SMILES string of the molecule is O=S(=O)(NCc1cccnc1-c1ccncc1)N1CCCC1. The molecule has 2 aromatic heterocycles. The molecule has 6 nitrogen and oxygen atoms in total. The maximum absolute atomic E-state index is 12.2. The molecule has 0 spiro atoms. The average Bonchev–Trinajstić information content (AvgIpc) is 3.10. The van der Waals surface area contributed by atoms with Crippen LogP contribution in [-0.4, -0.2) is 35.8 Å². The van der Waals surface area contributed by atoms with Crippen molar-refractivity contribution in [3.8, 4) is 11.3 Å². The van der Waals surface area contributed by atoms with Crippen molar-refractivity contribution >= 4 is 10.2 Å². The number of aromatic nitrogens is 2. The van der Waals surface area contributed by atoms with Crippen LogP contribution >= 0.6 is 0 Å². The predicted octanol–water partition coefficient (Wildman–Crippen LogP) is 1.57. The van der Waals surface area contributed by atoms with Gasteiger partial charge in [0.15, 0.2) is 0 Å². The van der Waals surface area contributed by atoms with Crippen molar-refractivity contribution in [2.45, 2.75) is 19.4 Å². The highest BCUT2D eigenvalue weighted by molar-refractivity contribution is 7.87. The Balaban J connectivity index is 1.79. The molecular weight excluding hydrogens is 300 g/mol. The van der Waals surface area contributed by atoms with Gasteiger partial charge in [-0.3, -0.25) is 9.97 Å². The van der Waals surface area contributed by atoms with Crippen molar-refractivity contribution in [3.05, 3.63) is 48.4 Å². The van der Waals surface area contributed by atoms with E-state index in [1.165, 1.54) is 4.31 Å². The Kier molecular flexibility index (Phi) is 4.47. The molecule has 0 bridgehead atoms. The van der Waals surface area contributed by atoms with Gasteiger partial charge in [0.2, 0.25) is 0 Å². The number of nitrogens with zero attached hydrogens (tertiary/aromatic N) is 3. The standard InChI is InChI=1S/C15H18N4O2S/c20-22(21,19-10-1-2-11-19)18-12-14-4-3-7-17-15(14)13-5-8-16-9-6-13/h3-9,18H,1-2,10-12H2. The van der Waals surface area contributed by atoms with Gasteiger partial charge in [0.25, 0.3) is 10.2 Å². The van der Waals surface area contributed by atoms with Gasteiger partial charge in [-0.05, 0) is 36.6 Å². The van der Waals surface area contributed by atoms with Gasteiger partial charge in [0.1, 0.15) is 0 Å². The second-order valence-electron chi connectivity index (χ2n) is 5.18. The van der Waals surface area contributed by atoms with Gasteiger partial charge in [-0.2, -0.15) is 17.4 Å². The first-order valence-electron chi connectivity index (χ1n) is 7.26. The molecule has 0 radical (unpaired) electrons. The summed E-state index contributed by atoms with van der Waals surface area (Å²) in [6, 6.07) is 7.42. The van der Waals surface area contributed by atoms with Gasteiger partial charge < -0.3 is 0 Å². The van der Waals surface area contributed by atoms with Gasteiger partial charge in [0, 0.05) is 43.8 Å². The van der Waals surface area contributed by atoms with Crippen LogP contribution in [0.4, 0.5) is 0 Å². The van der Waals surface area contributed by atoms with E-state index < -0.39 is 10.2 Å². The fourth-order valence-corrected chi connectivity index (χ4v) is 3.80. The highest BCUT2D eigenvalue weighted by Crippen LogP contribution is 2.20. The van der Waals surface area contributed by atoms with Crippen LogP contribution in [0.3, 0.4) is 0 Å². The first-order valence-corrected chi connectivity index (χ1v) is 8.70. The summed E-state index contributed by atoms with van der Waals surface area (Å²) in [7, 11) is -3.41. The smallest absolute Gasteiger partial charge is 0.265 e. The summed E-state index contributed by atoms with van der Waals surface area (Å²) in [6.07, 6.45) is 6.95. The highest BCUT2D eigenvalue weighted by atomic mass is 32.2. The number of hydrogen-bond acceptors (Lipinski definition) is 4. The van der Waals surface area contributed by atoms with E-state index in [-0.39, 0.29) is 6.54 Å². The molecule has 1 fully saturated rings. The van der Waals surface area contributed by atoms with Gasteiger partial charge in [-0.1, -0.05) is 6.07 Å². The summed E-state index contributed by atoms with van der Waals surface area (Å²) >= 11 is 0.